The van der Waals surface area contributed by atoms with Crippen LogP contribution in [0.3, 0.4) is 0 Å². The number of hydrogen-bond acceptors (Lipinski definition) is 1. The van der Waals surface area contributed by atoms with Crippen LogP contribution in [0.5, 0.6) is 0 Å². The van der Waals surface area contributed by atoms with Gasteiger partial charge in [0.1, 0.15) is 5.82 Å². The third-order valence-electron chi connectivity index (χ3n) is 11.6. The Kier molecular flexibility index (Phi) is 5.86. The molecule has 1 aromatic heterocycles. The highest BCUT2D eigenvalue weighted by Crippen LogP contribution is 2.54. The van der Waals surface area contributed by atoms with E-state index < -0.39 is 0 Å². The van der Waals surface area contributed by atoms with E-state index in [1.165, 1.54) is 93.5 Å². The van der Waals surface area contributed by atoms with Crippen molar-refractivity contribution in [1.82, 2.24) is 4.57 Å². The van der Waals surface area contributed by atoms with Gasteiger partial charge in [0.05, 0.1) is 16.4 Å². The number of benzene rings is 7. The smallest absolute Gasteiger partial charge is 0.142 e. The van der Waals surface area contributed by atoms with Crippen LogP contribution in [0.25, 0.3) is 71.8 Å². The molecular weight excluding hydrogens is 605 g/mol. The molecule has 0 N–H and O–H groups in total. The minimum Gasteiger partial charge on any atom is -0.292 e. The number of rotatable bonds is 2. The molecule has 8 aromatic rings. The number of aromatic nitrogens is 1. The molecule has 1 atom stereocenters. The summed E-state index contributed by atoms with van der Waals surface area (Å²) in [5.74, 6) is 1.37. The van der Waals surface area contributed by atoms with Gasteiger partial charge >= 0.3 is 0 Å². The number of para-hydroxylation sites is 1. The fourth-order valence-corrected chi connectivity index (χ4v) is 9.43. The second-order valence-corrected chi connectivity index (χ2v) is 14.2. The van der Waals surface area contributed by atoms with Crippen molar-refractivity contribution in [2.45, 2.75) is 32.1 Å². The molecule has 0 saturated heterocycles. The zero-order valence-electron chi connectivity index (χ0n) is 27.9. The van der Waals surface area contributed by atoms with Crippen molar-refractivity contribution in [3.05, 3.63) is 178 Å². The lowest BCUT2D eigenvalue weighted by atomic mass is 9.80. The zero-order valence-corrected chi connectivity index (χ0v) is 27.9. The molecule has 50 heavy (non-hydrogen) atoms. The highest BCUT2D eigenvalue weighted by molar-refractivity contribution is 6.24. The van der Waals surface area contributed by atoms with Crippen LogP contribution in [-0.4, -0.2) is 4.57 Å². The van der Waals surface area contributed by atoms with Crippen molar-refractivity contribution in [1.29, 1.82) is 0 Å². The number of nitrogens with zero attached hydrogens (tertiary/aromatic N) is 2. The third-order valence-corrected chi connectivity index (χ3v) is 11.6. The highest BCUT2D eigenvalue weighted by atomic mass is 15.1. The first kappa shape index (κ1) is 27.9. The Bertz CT molecular complexity index is 2900. The Labute approximate surface area is 291 Å². The molecule has 0 fully saturated rings. The van der Waals surface area contributed by atoms with E-state index in [-0.39, 0.29) is 0 Å². The van der Waals surface area contributed by atoms with Gasteiger partial charge in [0.2, 0.25) is 0 Å². The first-order chi connectivity index (χ1) is 24.7. The van der Waals surface area contributed by atoms with Gasteiger partial charge in [0, 0.05) is 33.2 Å². The van der Waals surface area contributed by atoms with Crippen molar-refractivity contribution in [2.75, 3.05) is 0 Å². The number of allylic oxidation sites excluding steroid dienone is 1. The monoisotopic (exact) mass is 638 g/mol. The van der Waals surface area contributed by atoms with E-state index in [0.717, 1.165) is 30.4 Å². The van der Waals surface area contributed by atoms with Crippen LogP contribution in [0.15, 0.2) is 151 Å². The van der Waals surface area contributed by atoms with Crippen LogP contribution in [0.4, 0.5) is 0 Å². The Hall–Kier alpha value is -5.99. The summed E-state index contributed by atoms with van der Waals surface area (Å²) in [6, 6.07) is 54.1. The fraction of sp³-hybridized carbons (Fsp3) is 0.104. The summed E-state index contributed by atoms with van der Waals surface area (Å²) < 4.78 is 2.58. The minimum atomic E-state index is 0.354. The van der Waals surface area contributed by atoms with E-state index in [9.17, 15) is 0 Å². The molecule has 0 amide bonds. The standard InChI is InChI=1S/C48H34N2/c1-29-27-41(30-13-3-2-4-14-30)48(49-44-22-12-11-16-32(29)44)50-46-33-17-6-5-15-31(33)23-24-40(46)43-28-42-36-20-8-7-18-34(36)37-25-26-39(42)45(47(43)50)38-21-10-9-19-35(37)38/h2-24,28,37H,25-27H2,1H3. The van der Waals surface area contributed by atoms with E-state index in [1.54, 1.807) is 0 Å². The quantitative estimate of drug-likeness (QED) is 0.179. The average Bonchev–Trinajstić information content (AvgIpc) is 3.27. The topological polar surface area (TPSA) is 17.3 Å². The molecule has 0 radical (unpaired) electrons. The minimum absolute atomic E-state index is 0.354. The molecule has 236 valence electrons. The molecule has 7 aromatic carbocycles. The van der Waals surface area contributed by atoms with Gasteiger partial charge in [-0.15, -0.1) is 0 Å². The molecule has 1 unspecified atom stereocenters. The Morgan fingerprint density at radius 2 is 1.32 bits per heavy atom. The zero-order chi connectivity index (χ0) is 32.9. The lowest BCUT2D eigenvalue weighted by Gasteiger charge is -2.25. The molecule has 1 aliphatic heterocycles. The van der Waals surface area contributed by atoms with Gasteiger partial charge in [-0.3, -0.25) is 4.57 Å². The number of hydrogen-bond donors (Lipinski definition) is 0. The van der Waals surface area contributed by atoms with E-state index >= 15 is 0 Å². The summed E-state index contributed by atoms with van der Waals surface area (Å²) in [4.78, 5) is 5.73. The molecule has 2 heteroatoms. The molecule has 2 nitrogen and oxygen atoms in total. The van der Waals surface area contributed by atoms with Gasteiger partial charge in [0.15, 0.2) is 0 Å². The Morgan fingerprint density at radius 1 is 0.600 bits per heavy atom. The average molecular weight is 639 g/mol. The van der Waals surface area contributed by atoms with Crippen molar-refractivity contribution >= 4 is 49.5 Å². The van der Waals surface area contributed by atoms with Crippen molar-refractivity contribution < 1.29 is 0 Å². The Balaban J connectivity index is 1.42. The van der Waals surface area contributed by atoms with E-state index in [4.69, 9.17) is 4.99 Å². The first-order valence-electron chi connectivity index (χ1n) is 17.9. The van der Waals surface area contributed by atoms with Gasteiger partial charge < -0.3 is 0 Å². The van der Waals surface area contributed by atoms with Gasteiger partial charge in [0.25, 0.3) is 0 Å². The van der Waals surface area contributed by atoms with Gasteiger partial charge in [-0.25, -0.2) is 4.99 Å². The maximum atomic E-state index is 5.73. The predicted molar refractivity (Wildman–Crippen MR) is 208 cm³/mol. The Morgan fingerprint density at radius 3 is 2.20 bits per heavy atom. The van der Waals surface area contributed by atoms with Crippen LogP contribution in [0, 0.1) is 0 Å². The molecule has 2 heterocycles. The first-order valence-corrected chi connectivity index (χ1v) is 17.9. The summed E-state index contributed by atoms with van der Waals surface area (Å²) in [7, 11) is 0. The molecule has 0 spiro atoms. The summed E-state index contributed by atoms with van der Waals surface area (Å²) in [6.45, 7) is 2.28. The van der Waals surface area contributed by atoms with Crippen LogP contribution in [-0.2, 0) is 6.42 Å². The SMILES string of the molecule is CC1=c2ccccc2=NC(n2c3c4c5c(cc3c3ccc6ccccc6c32)-c2ccccc2C(CC5)c2ccccc2-4)=C(c2ccccc2)C1. The van der Waals surface area contributed by atoms with Crippen LogP contribution in [0.1, 0.15) is 47.9 Å². The largest absolute Gasteiger partial charge is 0.292 e. The van der Waals surface area contributed by atoms with Crippen molar-refractivity contribution in [3.8, 4) is 22.3 Å². The summed E-state index contributed by atoms with van der Waals surface area (Å²) in [5, 5.41) is 7.30. The molecule has 3 aliphatic rings. The summed E-state index contributed by atoms with van der Waals surface area (Å²) >= 11 is 0. The highest BCUT2D eigenvalue weighted by Gasteiger charge is 2.34. The van der Waals surface area contributed by atoms with E-state index in [1.807, 2.05) is 0 Å². The van der Waals surface area contributed by atoms with E-state index in [0.29, 0.717) is 5.92 Å². The van der Waals surface area contributed by atoms with Gasteiger partial charge in [-0.2, -0.15) is 0 Å². The maximum absolute atomic E-state index is 5.73. The molecule has 2 aliphatic carbocycles. The van der Waals surface area contributed by atoms with Crippen LogP contribution in [0.2, 0.25) is 0 Å². The van der Waals surface area contributed by atoms with Crippen LogP contribution < -0.4 is 10.6 Å². The van der Waals surface area contributed by atoms with Crippen LogP contribution >= 0.6 is 0 Å². The molecular formula is C48H34N2. The third kappa shape index (κ3) is 3.82. The van der Waals surface area contributed by atoms with Crippen molar-refractivity contribution in [2.24, 2.45) is 4.99 Å². The van der Waals surface area contributed by atoms with E-state index in [2.05, 4.69) is 157 Å². The second kappa shape index (κ2) is 10.5. The van der Waals surface area contributed by atoms with Gasteiger partial charge in [-0.05, 0) is 87.9 Å². The lowest BCUT2D eigenvalue weighted by molar-refractivity contribution is 0.736. The predicted octanol–water partition coefficient (Wildman–Crippen LogP) is 10.9. The lowest BCUT2D eigenvalue weighted by Crippen LogP contribution is -2.25. The molecule has 2 bridgehead atoms. The summed E-state index contributed by atoms with van der Waals surface area (Å²) in [5.41, 5.74) is 16.2. The van der Waals surface area contributed by atoms with Crippen molar-refractivity contribution in [3.63, 3.8) is 0 Å². The maximum Gasteiger partial charge on any atom is 0.142 e. The van der Waals surface area contributed by atoms with Gasteiger partial charge in [-0.1, -0.05) is 139 Å². The molecule has 11 rings (SSSR count). The normalized spacial score (nSPS) is 16.1. The molecule has 0 saturated carbocycles. The second-order valence-electron chi connectivity index (χ2n) is 14.2. The fourth-order valence-electron chi connectivity index (χ4n) is 9.43. The summed E-state index contributed by atoms with van der Waals surface area (Å²) in [6.07, 6.45) is 2.96. The number of fused-ring (bicyclic) bond motifs is 15.